The van der Waals surface area contributed by atoms with E-state index in [1.165, 1.54) is 23.8 Å². The predicted molar refractivity (Wildman–Crippen MR) is 90.6 cm³/mol. The van der Waals surface area contributed by atoms with Crippen LogP contribution in [0.5, 0.6) is 0 Å². The minimum absolute atomic E-state index is 0.148. The molecule has 6 nitrogen and oxygen atoms in total. The van der Waals surface area contributed by atoms with Crippen LogP contribution < -0.4 is 5.32 Å². The number of fused-ring (bicyclic) bond motifs is 1. The van der Waals surface area contributed by atoms with Crippen molar-refractivity contribution in [2.45, 2.75) is 11.4 Å². The number of nitrogens with one attached hydrogen (secondary N) is 1. The summed E-state index contributed by atoms with van der Waals surface area (Å²) in [5.41, 5.74) is 1.34. The van der Waals surface area contributed by atoms with Crippen LogP contribution in [0, 0.1) is 0 Å². The van der Waals surface area contributed by atoms with Crippen molar-refractivity contribution in [3.05, 3.63) is 47.2 Å². The van der Waals surface area contributed by atoms with E-state index in [4.69, 9.17) is 16.3 Å². The fourth-order valence-corrected chi connectivity index (χ4v) is 4.36. The molecule has 1 aromatic carbocycles. The first-order valence-corrected chi connectivity index (χ1v) is 8.83. The molecule has 2 aliphatic heterocycles. The van der Waals surface area contributed by atoms with Gasteiger partial charge in [0.2, 0.25) is 0 Å². The molecule has 0 unspecified atom stereocenters. The number of esters is 1. The summed E-state index contributed by atoms with van der Waals surface area (Å²) in [5.74, 6) is -0.577. The van der Waals surface area contributed by atoms with E-state index in [-0.39, 0.29) is 28.8 Å². The number of thioether (sulfide) groups is 1. The van der Waals surface area contributed by atoms with Crippen molar-refractivity contribution in [2.24, 2.45) is 0 Å². The van der Waals surface area contributed by atoms with Crippen molar-refractivity contribution >= 4 is 41.1 Å². The second kappa shape index (κ2) is 6.86. The molecule has 0 spiro atoms. The van der Waals surface area contributed by atoms with E-state index in [1.807, 2.05) is 6.07 Å². The third-order valence-corrected chi connectivity index (χ3v) is 5.57. The molecule has 2 atom stereocenters. The van der Waals surface area contributed by atoms with Crippen LogP contribution in [0.15, 0.2) is 41.6 Å². The van der Waals surface area contributed by atoms with Crippen molar-refractivity contribution < 1.29 is 19.1 Å². The van der Waals surface area contributed by atoms with Gasteiger partial charge in [-0.25, -0.2) is 4.79 Å². The number of ether oxygens (including phenoxy) is 1. The number of methoxy groups -OCH3 is 1. The molecular formula is C16H15ClN2O4S. The second-order valence-electron chi connectivity index (χ2n) is 5.30. The third kappa shape index (κ3) is 2.78. The first-order chi connectivity index (χ1) is 11.6. The molecule has 0 saturated carbocycles. The van der Waals surface area contributed by atoms with Gasteiger partial charge in [-0.15, -0.1) is 23.4 Å². The third-order valence-electron chi connectivity index (χ3n) is 3.91. The van der Waals surface area contributed by atoms with Gasteiger partial charge in [-0.2, -0.15) is 0 Å². The van der Waals surface area contributed by atoms with Crippen LogP contribution in [-0.4, -0.2) is 52.8 Å². The maximum Gasteiger partial charge on any atom is 0.354 e. The lowest BCUT2D eigenvalue weighted by molar-refractivity contribution is -0.150. The Kier molecular flexibility index (Phi) is 4.82. The monoisotopic (exact) mass is 366 g/mol. The SMILES string of the molecule is COC(=O)C1=C(CCl)CS[C@H]2[C@H](NC(=O)c3ccccc3)C(=O)N12. The van der Waals surface area contributed by atoms with E-state index in [1.54, 1.807) is 24.3 Å². The van der Waals surface area contributed by atoms with Crippen LogP contribution in [0.2, 0.25) is 0 Å². The topological polar surface area (TPSA) is 75.7 Å². The summed E-state index contributed by atoms with van der Waals surface area (Å²) in [6.45, 7) is 0. The quantitative estimate of drug-likeness (QED) is 0.495. The first-order valence-electron chi connectivity index (χ1n) is 7.25. The summed E-state index contributed by atoms with van der Waals surface area (Å²) in [6, 6.07) is 8.00. The Morgan fingerprint density at radius 2 is 2.08 bits per heavy atom. The highest BCUT2D eigenvalue weighted by Gasteiger charge is 2.54. The van der Waals surface area contributed by atoms with Gasteiger partial charge in [0.1, 0.15) is 17.1 Å². The average Bonchev–Trinajstić information content (AvgIpc) is 2.64. The predicted octanol–water partition coefficient (Wildman–Crippen LogP) is 1.37. The highest BCUT2D eigenvalue weighted by Crippen LogP contribution is 2.40. The van der Waals surface area contributed by atoms with Gasteiger partial charge in [-0.1, -0.05) is 18.2 Å². The van der Waals surface area contributed by atoms with E-state index in [0.717, 1.165) is 0 Å². The molecule has 24 heavy (non-hydrogen) atoms. The summed E-state index contributed by atoms with van der Waals surface area (Å²) >= 11 is 7.34. The highest BCUT2D eigenvalue weighted by molar-refractivity contribution is 8.00. The second-order valence-corrected chi connectivity index (χ2v) is 6.68. The van der Waals surface area contributed by atoms with Crippen LogP contribution in [0.1, 0.15) is 10.4 Å². The summed E-state index contributed by atoms with van der Waals surface area (Å²) in [4.78, 5) is 38.1. The summed E-state index contributed by atoms with van der Waals surface area (Å²) in [6.07, 6.45) is 0. The zero-order valence-electron chi connectivity index (χ0n) is 12.8. The Bertz CT molecular complexity index is 722. The maximum absolute atomic E-state index is 12.5. The molecular weight excluding hydrogens is 352 g/mol. The number of β-lactam (4-membered cyclic amide) rings is 1. The van der Waals surface area contributed by atoms with Gasteiger partial charge >= 0.3 is 5.97 Å². The van der Waals surface area contributed by atoms with Crippen LogP contribution >= 0.6 is 23.4 Å². The lowest BCUT2D eigenvalue weighted by Crippen LogP contribution is -2.70. The lowest BCUT2D eigenvalue weighted by Gasteiger charge is -2.49. The Morgan fingerprint density at radius 1 is 1.38 bits per heavy atom. The molecule has 126 valence electrons. The van der Waals surface area contributed by atoms with E-state index >= 15 is 0 Å². The molecule has 0 bridgehead atoms. The van der Waals surface area contributed by atoms with Crippen molar-refractivity contribution in [2.75, 3.05) is 18.7 Å². The van der Waals surface area contributed by atoms with Gasteiger partial charge in [0.25, 0.3) is 11.8 Å². The largest absolute Gasteiger partial charge is 0.464 e. The number of benzene rings is 1. The van der Waals surface area contributed by atoms with Gasteiger partial charge in [-0.05, 0) is 17.7 Å². The summed E-state index contributed by atoms with van der Waals surface area (Å²) in [7, 11) is 1.26. The maximum atomic E-state index is 12.5. The van der Waals surface area contributed by atoms with Gasteiger partial charge in [0.05, 0.1) is 7.11 Å². The fraction of sp³-hybridized carbons (Fsp3) is 0.312. The molecule has 2 aliphatic rings. The van der Waals surface area contributed by atoms with Crippen molar-refractivity contribution in [1.82, 2.24) is 10.2 Å². The molecule has 0 aromatic heterocycles. The number of amides is 2. The molecule has 2 amide bonds. The van der Waals surface area contributed by atoms with Gasteiger partial charge in [-0.3, -0.25) is 14.5 Å². The number of alkyl halides is 1. The van der Waals surface area contributed by atoms with E-state index in [0.29, 0.717) is 16.9 Å². The minimum Gasteiger partial charge on any atom is -0.464 e. The van der Waals surface area contributed by atoms with Crippen molar-refractivity contribution in [3.63, 3.8) is 0 Å². The standard InChI is InChI=1S/C16H15ClN2O4S/c1-23-16(22)12-10(7-17)8-24-15-11(14(21)19(12)15)18-13(20)9-5-3-2-4-6-9/h2-6,11,15H,7-8H2,1H3,(H,18,20)/t11-,15+/m1/s1. The van der Waals surface area contributed by atoms with Gasteiger partial charge in [0.15, 0.2) is 0 Å². The van der Waals surface area contributed by atoms with Crippen LogP contribution in [-0.2, 0) is 14.3 Å². The van der Waals surface area contributed by atoms with E-state index < -0.39 is 12.0 Å². The molecule has 3 rings (SSSR count). The first kappa shape index (κ1) is 16.9. The molecule has 8 heteroatoms. The molecule has 0 aliphatic carbocycles. The molecule has 2 heterocycles. The van der Waals surface area contributed by atoms with Crippen molar-refractivity contribution in [3.8, 4) is 0 Å². The highest BCUT2D eigenvalue weighted by atomic mass is 35.5. The van der Waals surface area contributed by atoms with Crippen LogP contribution in [0.25, 0.3) is 0 Å². The van der Waals surface area contributed by atoms with E-state index in [2.05, 4.69) is 5.32 Å². The number of rotatable bonds is 4. The van der Waals surface area contributed by atoms with Crippen molar-refractivity contribution in [1.29, 1.82) is 0 Å². The average molecular weight is 367 g/mol. The zero-order chi connectivity index (χ0) is 17.3. The molecule has 1 aromatic rings. The lowest BCUT2D eigenvalue weighted by atomic mass is 10.0. The minimum atomic E-state index is -0.667. The zero-order valence-corrected chi connectivity index (χ0v) is 14.4. The number of nitrogens with zero attached hydrogens (tertiary/aromatic N) is 1. The molecule has 1 N–H and O–H groups in total. The number of hydrogen-bond donors (Lipinski definition) is 1. The molecule has 1 fully saturated rings. The Morgan fingerprint density at radius 3 is 2.71 bits per heavy atom. The number of carbonyl (C=O) groups excluding carboxylic acids is 3. The number of halogens is 1. The normalized spacial score (nSPS) is 22.6. The molecule has 1 saturated heterocycles. The summed E-state index contributed by atoms with van der Waals surface area (Å²) < 4.78 is 4.76. The van der Waals surface area contributed by atoms with Crippen LogP contribution in [0.3, 0.4) is 0 Å². The van der Waals surface area contributed by atoms with E-state index in [9.17, 15) is 14.4 Å². The molecule has 0 radical (unpaired) electrons. The Hall–Kier alpha value is -1.99. The smallest absolute Gasteiger partial charge is 0.354 e. The Balaban J connectivity index is 1.78. The Labute approximate surface area is 148 Å². The number of carbonyl (C=O) groups is 3. The van der Waals surface area contributed by atoms with Gasteiger partial charge in [0, 0.05) is 17.2 Å². The fourth-order valence-electron chi connectivity index (χ4n) is 2.69. The van der Waals surface area contributed by atoms with Crippen LogP contribution in [0.4, 0.5) is 0 Å². The summed E-state index contributed by atoms with van der Waals surface area (Å²) in [5, 5.41) is 2.41. The number of hydrogen-bond acceptors (Lipinski definition) is 5. The van der Waals surface area contributed by atoms with Gasteiger partial charge < -0.3 is 10.1 Å².